The molecule has 3 atom stereocenters. The topological polar surface area (TPSA) is 102 Å². The van der Waals surface area contributed by atoms with E-state index in [0.29, 0.717) is 24.0 Å². The van der Waals surface area contributed by atoms with Crippen molar-refractivity contribution in [1.29, 1.82) is 0 Å². The summed E-state index contributed by atoms with van der Waals surface area (Å²) in [4.78, 5) is 40.5. The summed E-state index contributed by atoms with van der Waals surface area (Å²) >= 11 is 0. The number of quaternary nitrogens is 1. The van der Waals surface area contributed by atoms with E-state index in [9.17, 15) is 14.4 Å². The summed E-state index contributed by atoms with van der Waals surface area (Å²) in [6.45, 7) is 8.44. The average Bonchev–Trinajstić information content (AvgIpc) is 2.70. The van der Waals surface area contributed by atoms with Crippen LogP contribution >= 0.6 is 0 Å². The average molecular weight is 476 g/mol. The Balaban J connectivity index is 5.62. The molecule has 3 unspecified atom stereocenters. The molecule has 194 valence electrons. The van der Waals surface area contributed by atoms with Gasteiger partial charge in [-0.2, -0.15) is 0 Å². The van der Waals surface area contributed by atoms with E-state index >= 15 is 0 Å². The van der Waals surface area contributed by atoms with E-state index in [2.05, 4.69) is 0 Å². The fourth-order valence-electron chi connectivity index (χ4n) is 3.56. The predicted molar refractivity (Wildman–Crippen MR) is 126 cm³/mol. The maximum absolute atomic E-state index is 13.2. The van der Waals surface area contributed by atoms with Gasteiger partial charge in [0.2, 0.25) is 0 Å². The fourth-order valence-corrected chi connectivity index (χ4v) is 3.56. The Morgan fingerprint density at radius 1 is 0.939 bits per heavy atom. The third-order valence-corrected chi connectivity index (χ3v) is 5.81. The van der Waals surface area contributed by atoms with Gasteiger partial charge in [0.25, 0.3) is 0 Å². The highest BCUT2D eigenvalue weighted by molar-refractivity contribution is 5.81. The number of carbonyl (C=O) groups excluding carboxylic acids is 3. The largest absolute Gasteiger partial charge is 0.464 e. The SMILES string of the molecule is CCC(C)(CC(C)(CC(C)C(=O)OCCO)C(=O)OCCN(C)C)C(=O)OCC[N+](C)(C)C. The Morgan fingerprint density at radius 3 is 1.97 bits per heavy atom. The third kappa shape index (κ3) is 11.8. The van der Waals surface area contributed by atoms with Crippen molar-refractivity contribution in [1.82, 2.24) is 4.90 Å². The van der Waals surface area contributed by atoms with Gasteiger partial charge in [-0.05, 0) is 47.2 Å². The Morgan fingerprint density at radius 2 is 1.48 bits per heavy atom. The molecule has 9 heteroatoms. The van der Waals surface area contributed by atoms with Gasteiger partial charge in [0.1, 0.15) is 26.4 Å². The number of nitrogens with zero attached hydrogens (tertiary/aromatic N) is 2. The molecule has 0 aromatic rings. The second-order valence-electron chi connectivity index (χ2n) is 10.7. The number of aliphatic hydroxyl groups excluding tert-OH is 1. The first-order valence-electron chi connectivity index (χ1n) is 11.7. The molecule has 0 radical (unpaired) electrons. The van der Waals surface area contributed by atoms with Crippen LogP contribution in [0.1, 0.15) is 47.0 Å². The van der Waals surface area contributed by atoms with Crippen LogP contribution in [0.5, 0.6) is 0 Å². The highest BCUT2D eigenvalue weighted by Crippen LogP contribution is 2.42. The fraction of sp³-hybridized carbons (Fsp3) is 0.875. The zero-order valence-electron chi connectivity index (χ0n) is 22.2. The van der Waals surface area contributed by atoms with Crippen molar-refractivity contribution in [3.8, 4) is 0 Å². The van der Waals surface area contributed by atoms with Gasteiger partial charge in [-0.15, -0.1) is 0 Å². The van der Waals surface area contributed by atoms with E-state index in [0.717, 1.165) is 0 Å². The maximum Gasteiger partial charge on any atom is 0.312 e. The van der Waals surface area contributed by atoms with Crippen molar-refractivity contribution < 1.29 is 38.2 Å². The minimum atomic E-state index is -1.10. The van der Waals surface area contributed by atoms with Gasteiger partial charge in [-0.25, -0.2) is 0 Å². The van der Waals surface area contributed by atoms with Crippen LogP contribution in [0.4, 0.5) is 0 Å². The summed E-state index contributed by atoms with van der Waals surface area (Å²) in [5.74, 6) is -1.93. The van der Waals surface area contributed by atoms with Crippen molar-refractivity contribution in [2.75, 3.05) is 74.8 Å². The summed E-state index contributed by atoms with van der Waals surface area (Å²) in [6.07, 6.45) is 0.804. The van der Waals surface area contributed by atoms with Crippen molar-refractivity contribution >= 4 is 17.9 Å². The van der Waals surface area contributed by atoms with E-state index in [-0.39, 0.29) is 45.2 Å². The molecule has 0 amide bonds. The van der Waals surface area contributed by atoms with Crippen LogP contribution in [0.25, 0.3) is 0 Å². The van der Waals surface area contributed by atoms with Crippen LogP contribution in [-0.4, -0.2) is 107 Å². The van der Waals surface area contributed by atoms with E-state index in [1.807, 2.05) is 47.1 Å². The quantitative estimate of drug-likeness (QED) is 0.205. The first-order valence-corrected chi connectivity index (χ1v) is 11.7. The number of esters is 3. The van der Waals surface area contributed by atoms with Gasteiger partial charge in [0, 0.05) is 6.54 Å². The van der Waals surface area contributed by atoms with E-state index in [1.165, 1.54) is 0 Å². The second kappa shape index (κ2) is 13.9. The lowest BCUT2D eigenvalue weighted by molar-refractivity contribution is -0.870. The minimum absolute atomic E-state index is 0.0988. The number of rotatable bonds is 16. The van der Waals surface area contributed by atoms with Gasteiger partial charge in [-0.3, -0.25) is 14.4 Å². The molecule has 9 nitrogen and oxygen atoms in total. The Hall–Kier alpha value is -1.71. The Kier molecular flexibility index (Phi) is 13.1. The molecule has 0 saturated carbocycles. The van der Waals surface area contributed by atoms with Crippen molar-refractivity contribution in [2.45, 2.75) is 47.0 Å². The van der Waals surface area contributed by atoms with Gasteiger partial charge < -0.3 is 28.7 Å². The predicted octanol–water partition coefficient (Wildman–Crippen LogP) is 1.72. The number of aliphatic hydroxyl groups is 1. The van der Waals surface area contributed by atoms with Crippen LogP contribution < -0.4 is 0 Å². The van der Waals surface area contributed by atoms with Gasteiger partial charge in [0.15, 0.2) is 0 Å². The lowest BCUT2D eigenvalue weighted by atomic mass is 9.68. The number of carbonyl (C=O) groups is 3. The molecule has 0 heterocycles. The number of hydrogen-bond donors (Lipinski definition) is 1. The first-order chi connectivity index (χ1) is 15.1. The number of hydrogen-bond acceptors (Lipinski definition) is 8. The van der Waals surface area contributed by atoms with Crippen LogP contribution in [0.15, 0.2) is 0 Å². The second-order valence-corrected chi connectivity index (χ2v) is 10.7. The molecule has 33 heavy (non-hydrogen) atoms. The molecular weight excluding hydrogens is 428 g/mol. The van der Waals surface area contributed by atoms with Crippen LogP contribution in [-0.2, 0) is 28.6 Å². The summed E-state index contributed by atoms with van der Waals surface area (Å²) in [5, 5.41) is 8.92. The Labute approximate surface area is 199 Å². The van der Waals surface area contributed by atoms with Gasteiger partial charge in [0.05, 0.1) is 44.5 Å². The van der Waals surface area contributed by atoms with E-state index in [1.54, 1.807) is 20.8 Å². The van der Waals surface area contributed by atoms with Crippen LogP contribution in [0, 0.1) is 16.7 Å². The molecule has 0 aliphatic heterocycles. The number of likely N-dealkylation sites (N-methyl/N-ethyl adjacent to an activating group) is 2. The molecule has 0 spiro atoms. The highest BCUT2D eigenvalue weighted by Gasteiger charge is 2.47. The normalized spacial score (nSPS) is 16.5. The van der Waals surface area contributed by atoms with E-state index in [4.69, 9.17) is 19.3 Å². The first kappa shape index (κ1) is 31.3. The molecule has 0 fully saturated rings. The maximum atomic E-state index is 13.2. The standard InChI is InChI=1S/C24H47N2O7/c1-10-23(3,21(29)33-15-12-26(7,8)9)18-24(4,22(30)32-14-11-25(5)6)17-19(2)20(28)31-16-13-27/h19,27H,10-18H2,1-9H3/q+1. The highest BCUT2D eigenvalue weighted by atomic mass is 16.5. The number of ether oxygens (including phenoxy) is 3. The molecule has 1 N–H and O–H groups in total. The third-order valence-electron chi connectivity index (χ3n) is 5.81. The van der Waals surface area contributed by atoms with Crippen molar-refractivity contribution in [3.63, 3.8) is 0 Å². The molecular formula is C24H47N2O7+. The summed E-state index contributed by atoms with van der Waals surface area (Å²) in [7, 11) is 9.82. The molecule has 0 aliphatic rings. The molecule has 0 saturated heterocycles. The molecule has 0 aromatic heterocycles. The molecule has 0 aliphatic carbocycles. The van der Waals surface area contributed by atoms with Crippen LogP contribution in [0.3, 0.4) is 0 Å². The van der Waals surface area contributed by atoms with Crippen LogP contribution in [0.2, 0.25) is 0 Å². The lowest BCUT2D eigenvalue weighted by Gasteiger charge is -2.37. The molecule has 0 rings (SSSR count). The molecule has 0 bridgehead atoms. The summed E-state index contributed by atoms with van der Waals surface area (Å²) in [5.41, 5.74) is -2.03. The zero-order valence-corrected chi connectivity index (χ0v) is 22.2. The minimum Gasteiger partial charge on any atom is -0.464 e. The molecule has 0 aromatic carbocycles. The van der Waals surface area contributed by atoms with Crippen molar-refractivity contribution in [2.24, 2.45) is 16.7 Å². The van der Waals surface area contributed by atoms with Gasteiger partial charge in [-0.1, -0.05) is 13.8 Å². The van der Waals surface area contributed by atoms with Gasteiger partial charge >= 0.3 is 17.9 Å². The lowest BCUT2D eigenvalue weighted by Crippen LogP contribution is -2.43. The Bertz CT molecular complexity index is 633. The zero-order chi connectivity index (χ0) is 25.9. The smallest absolute Gasteiger partial charge is 0.312 e. The monoisotopic (exact) mass is 475 g/mol. The summed E-state index contributed by atoms with van der Waals surface area (Å²) < 4.78 is 16.8. The van der Waals surface area contributed by atoms with E-state index < -0.39 is 28.7 Å². The van der Waals surface area contributed by atoms with Crippen molar-refractivity contribution in [3.05, 3.63) is 0 Å². The summed E-state index contributed by atoms with van der Waals surface area (Å²) in [6, 6.07) is 0.